The van der Waals surface area contributed by atoms with Crippen LogP contribution in [0.5, 0.6) is 0 Å². The molecule has 0 saturated heterocycles. The first-order chi connectivity index (χ1) is 6.81. The van der Waals surface area contributed by atoms with Gasteiger partial charge < -0.3 is 4.57 Å². The van der Waals surface area contributed by atoms with E-state index in [0.29, 0.717) is 0 Å². The summed E-state index contributed by atoms with van der Waals surface area (Å²) in [7, 11) is 1.95. The zero-order chi connectivity index (χ0) is 9.97. The van der Waals surface area contributed by atoms with Crippen LogP contribution in [0.2, 0.25) is 0 Å². The van der Waals surface area contributed by atoms with Crippen LogP contribution in [-0.4, -0.2) is 15.8 Å². The Morgan fingerprint density at radius 1 is 1.43 bits per heavy atom. The number of hydrogen-bond acceptors (Lipinski definition) is 2. The van der Waals surface area contributed by atoms with Crippen LogP contribution in [-0.2, 0) is 11.8 Å². The highest BCUT2D eigenvalue weighted by atomic mass is 16.1. The van der Waals surface area contributed by atoms with Gasteiger partial charge in [0.2, 0.25) is 0 Å². The molecule has 0 N–H and O–H groups in total. The monoisotopic (exact) mass is 186 g/mol. The lowest BCUT2D eigenvalue weighted by Gasteiger charge is -1.95. The number of imidazole rings is 1. The number of nitrogens with zero attached hydrogens (tertiary/aromatic N) is 2. The van der Waals surface area contributed by atoms with Gasteiger partial charge in [-0.15, -0.1) is 0 Å². The van der Waals surface area contributed by atoms with Crippen LogP contribution in [0.15, 0.2) is 30.6 Å². The Bertz CT molecular complexity index is 497. The third kappa shape index (κ3) is 1.44. The van der Waals surface area contributed by atoms with E-state index in [4.69, 9.17) is 0 Å². The molecule has 0 spiro atoms. The Hall–Kier alpha value is -1.90. The highest BCUT2D eigenvalue weighted by Gasteiger charge is 1.98. The van der Waals surface area contributed by atoms with Crippen LogP contribution < -0.4 is 0 Å². The molecule has 0 amide bonds. The van der Waals surface area contributed by atoms with Crippen LogP contribution in [0.1, 0.15) is 5.56 Å². The predicted molar refractivity (Wildman–Crippen MR) is 55.8 cm³/mol. The SMILES string of the molecule is Cn1cnc2cc(/C=C/C=O)ccc21. The molecule has 1 aromatic carbocycles. The number of aromatic nitrogens is 2. The fourth-order valence-corrected chi connectivity index (χ4v) is 1.41. The smallest absolute Gasteiger partial charge is 0.142 e. The second-order valence-corrected chi connectivity index (χ2v) is 3.10. The maximum absolute atomic E-state index is 10.1. The Labute approximate surface area is 81.7 Å². The maximum atomic E-state index is 10.1. The summed E-state index contributed by atoms with van der Waals surface area (Å²) in [5.74, 6) is 0. The fourth-order valence-electron chi connectivity index (χ4n) is 1.41. The van der Waals surface area contributed by atoms with E-state index in [-0.39, 0.29) is 0 Å². The van der Waals surface area contributed by atoms with Crippen molar-refractivity contribution in [2.75, 3.05) is 0 Å². The number of benzene rings is 1. The van der Waals surface area contributed by atoms with E-state index in [2.05, 4.69) is 4.98 Å². The Kier molecular flexibility index (Phi) is 2.14. The second-order valence-electron chi connectivity index (χ2n) is 3.10. The number of aldehydes is 1. The molecule has 1 aromatic heterocycles. The first-order valence-corrected chi connectivity index (χ1v) is 4.34. The third-order valence-electron chi connectivity index (χ3n) is 2.12. The number of carbonyl (C=O) groups is 1. The molecule has 0 saturated carbocycles. The Morgan fingerprint density at radius 3 is 3.07 bits per heavy atom. The second kappa shape index (κ2) is 3.46. The van der Waals surface area contributed by atoms with Crippen molar-refractivity contribution in [1.29, 1.82) is 0 Å². The topological polar surface area (TPSA) is 34.9 Å². The summed E-state index contributed by atoms with van der Waals surface area (Å²) in [4.78, 5) is 14.4. The molecule has 3 nitrogen and oxygen atoms in total. The standard InChI is InChI=1S/C11H10N2O/c1-13-8-12-10-7-9(3-2-6-14)4-5-11(10)13/h2-8H,1H3/b3-2+. The van der Waals surface area contributed by atoms with Gasteiger partial charge in [-0.05, 0) is 23.8 Å². The minimum Gasteiger partial charge on any atom is -0.334 e. The highest BCUT2D eigenvalue weighted by molar-refractivity contribution is 5.80. The number of carbonyl (C=O) groups excluding carboxylic acids is 1. The zero-order valence-corrected chi connectivity index (χ0v) is 7.84. The van der Waals surface area contributed by atoms with Crippen LogP contribution >= 0.6 is 0 Å². The van der Waals surface area contributed by atoms with Gasteiger partial charge in [-0.1, -0.05) is 12.1 Å². The van der Waals surface area contributed by atoms with Gasteiger partial charge in [-0.2, -0.15) is 0 Å². The largest absolute Gasteiger partial charge is 0.334 e. The molecule has 2 aromatic rings. The average Bonchev–Trinajstić information content (AvgIpc) is 2.57. The molecule has 1 heterocycles. The summed E-state index contributed by atoms with van der Waals surface area (Å²) in [5.41, 5.74) is 3.03. The summed E-state index contributed by atoms with van der Waals surface area (Å²) in [6.07, 6.45) is 5.78. The normalized spacial score (nSPS) is 11.2. The molecule has 0 aliphatic rings. The summed E-state index contributed by atoms with van der Waals surface area (Å²) < 4.78 is 1.96. The predicted octanol–water partition coefficient (Wildman–Crippen LogP) is 1.79. The van der Waals surface area contributed by atoms with Crippen molar-refractivity contribution in [2.45, 2.75) is 0 Å². The van der Waals surface area contributed by atoms with Gasteiger partial charge in [-0.3, -0.25) is 4.79 Å². The molecule has 0 aliphatic heterocycles. The average molecular weight is 186 g/mol. The lowest BCUT2D eigenvalue weighted by atomic mass is 10.2. The van der Waals surface area contributed by atoms with E-state index in [9.17, 15) is 4.79 Å². The first kappa shape index (κ1) is 8.69. The van der Waals surface area contributed by atoms with Crippen LogP contribution in [0.25, 0.3) is 17.1 Å². The minimum absolute atomic E-state index is 0.766. The van der Waals surface area contributed by atoms with E-state index in [1.807, 2.05) is 29.8 Å². The van der Waals surface area contributed by atoms with Crippen LogP contribution in [0.4, 0.5) is 0 Å². The van der Waals surface area contributed by atoms with Crippen molar-refractivity contribution in [3.8, 4) is 0 Å². The number of hydrogen-bond donors (Lipinski definition) is 0. The number of aryl methyl sites for hydroxylation is 1. The fraction of sp³-hybridized carbons (Fsp3) is 0.0909. The Morgan fingerprint density at radius 2 is 2.29 bits per heavy atom. The molecule has 0 fully saturated rings. The Balaban J connectivity index is 2.51. The molecular formula is C11H10N2O. The highest BCUT2D eigenvalue weighted by Crippen LogP contribution is 2.14. The molecule has 0 bridgehead atoms. The van der Waals surface area contributed by atoms with E-state index in [1.54, 1.807) is 12.4 Å². The zero-order valence-electron chi connectivity index (χ0n) is 7.84. The molecular weight excluding hydrogens is 176 g/mol. The first-order valence-electron chi connectivity index (χ1n) is 4.34. The van der Waals surface area contributed by atoms with Crippen molar-refractivity contribution < 1.29 is 4.79 Å². The molecule has 0 aliphatic carbocycles. The van der Waals surface area contributed by atoms with Gasteiger partial charge in [0.15, 0.2) is 0 Å². The van der Waals surface area contributed by atoms with E-state index in [1.165, 1.54) is 6.08 Å². The van der Waals surface area contributed by atoms with Crippen LogP contribution in [0, 0.1) is 0 Å². The number of fused-ring (bicyclic) bond motifs is 1. The van der Waals surface area contributed by atoms with Crippen molar-refractivity contribution in [3.63, 3.8) is 0 Å². The van der Waals surface area contributed by atoms with Crippen LogP contribution in [0.3, 0.4) is 0 Å². The maximum Gasteiger partial charge on any atom is 0.142 e. The van der Waals surface area contributed by atoms with Gasteiger partial charge in [-0.25, -0.2) is 4.98 Å². The van der Waals surface area contributed by atoms with Gasteiger partial charge in [0.25, 0.3) is 0 Å². The van der Waals surface area contributed by atoms with E-state index >= 15 is 0 Å². The molecule has 70 valence electrons. The molecule has 3 heteroatoms. The van der Waals surface area contributed by atoms with Crippen molar-refractivity contribution in [3.05, 3.63) is 36.2 Å². The van der Waals surface area contributed by atoms with E-state index < -0.39 is 0 Å². The van der Waals surface area contributed by atoms with Gasteiger partial charge in [0.05, 0.1) is 17.4 Å². The van der Waals surface area contributed by atoms with Gasteiger partial charge in [0.1, 0.15) is 6.29 Å². The molecule has 14 heavy (non-hydrogen) atoms. The molecule has 2 rings (SSSR count). The number of rotatable bonds is 2. The lowest BCUT2D eigenvalue weighted by molar-refractivity contribution is -0.104. The summed E-state index contributed by atoms with van der Waals surface area (Å²) >= 11 is 0. The molecule has 0 unspecified atom stereocenters. The molecule has 0 radical (unpaired) electrons. The lowest BCUT2D eigenvalue weighted by Crippen LogP contribution is -1.83. The van der Waals surface area contributed by atoms with Crippen molar-refractivity contribution in [2.24, 2.45) is 7.05 Å². The third-order valence-corrected chi connectivity index (χ3v) is 2.12. The summed E-state index contributed by atoms with van der Waals surface area (Å²) in [5, 5.41) is 0. The summed E-state index contributed by atoms with van der Waals surface area (Å²) in [6.45, 7) is 0. The number of allylic oxidation sites excluding steroid dienone is 1. The van der Waals surface area contributed by atoms with Gasteiger partial charge in [0, 0.05) is 7.05 Å². The minimum atomic E-state index is 0.766. The van der Waals surface area contributed by atoms with Crippen molar-refractivity contribution in [1.82, 2.24) is 9.55 Å². The van der Waals surface area contributed by atoms with Gasteiger partial charge >= 0.3 is 0 Å². The molecule has 0 atom stereocenters. The summed E-state index contributed by atoms with van der Waals surface area (Å²) in [6, 6.07) is 5.91. The van der Waals surface area contributed by atoms with E-state index in [0.717, 1.165) is 22.9 Å². The van der Waals surface area contributed by atoms with Crippen molar-refractivity contribution >= 4 is 23.4 Å². The quantitative estimate of drug-likeness (QED) is 0.529.